The number of furan rings is 1. The summed E-state index contributed by atoms with van der Waals surface area (Å²) in [6, 6.07) is 117. The number of benzene rings is 12. The zero-order chi connectivity index (χ0) is 52.3. The van der Waals surface area contributed by atoms with Crippen LogP contribution in [-0.2, 0) is 0 Å². The van der Waals surface area contributed by atoms with Crippen LogP contribution in [0.1, 0.15) is 0 Å². The van der Waals surface area contributed by atoms with Gasteiger partial charge in [0.1, 0.15) is 11.3 Å². The third-order valence-corrected chi connectivity index (χ3v) is 26.2. The minimum Gasteiger partial charge on any atom is -0.454 e. The number of hydrogen-bond donors (Lipinski definition) is 0. The van der Waals surface area contributed by atoms with E-state index in [9.17, 15) is 0 Å². The molecule has 15 rings (SSSR count). The van der Waals surface area contributed by atoms with Gasteiger partial charge in [-0.1, -0.05) is 273 Å². The first kappa shape index (κ1) is 46.5. The monoisotopic (exact) mass is 1040 g/mol. The summed E-state index contributed by atoms with van der Waals surface area (Å²) < 4.78 is 12.1. The number of nitrogens with zero attached hydrogens (tertiary/aromatic N) is 2. The second kappa shape index (κ2) is 19.0. The van der Waals surface area contributed by atoms with Crippen LogP contribution >= 0.6 is 0 Å². The van der Waals surface area contributed by atoms with Crippen molar-refractivity contribution in [3.8, 4) is 22.7 Å². The van der Waals surface area contributed by atoms with Gasteiger partial charge in [0.15, 0.2) is 21.9 Å². The summed E-state index contributed by atoms with van der Waals surface area (Å²) in [4.78, 5) is 0. The minimum atomic E-state index is -2.93. The van der Waals surface area contributed by atoms with Crippen LogP contribution in [0.5, 0.6) is 0 Å². The maximum Gasteiger partial charge on any atom is 0.179 e. The van der Waals surface area contributed by atoms with E-state index in [1.54, 1.807) is 0 Å². The molecule has 372 valence electrons. The van der Waals surface area contributed by atoms with Gasteiger partial charge in [-0.05, 0) is 84.0 Å². The summed E-state index contributed by atoms with van der Waals surface area (Å²) in [7, 11) is -5.80. The van der Waals surface area contributed by atoms with Crippen LogP contribution in [0.4, 0.5) is 0 Å². The topological polar surface area (TPSA) is 23.0 Å². The molecule has 0 aliphatic rings. The Labute approximate surface area is 461 Å². The lowest BCUT2D eigenvalue weighted by molar-refractivity contribution is 0.630. The maximum atomic E-state index is 7.07. The molecule has 3 nitrogen and oxygen atoms in total. The van der Waals surface area contributed by atoms with Crippen molar-refractivity contribution in [2.75, 3.05) is 0 Å². The van der Waals surface area contributed by atoms with Crippen LogP contribution in [-0.4, -0.2) is 25.3 Å². The fraction of sp³-hybridized carbons (Fsp3) is 0. The van der Waals surface area contributed by atoms with Crippen molar-refractivity contribution in [2.45, 2.75) is 0 Å². The molecule has 3 heterocycles. The zero-order valence-electron chi connectivity index (χ0n) is 43.3. The fourth-order valence-corrected chi connectivity index (χ4v) is 22.9. The Morgan fingerprint density at radius 2 is 0.684 bits per heavy atom. The average molecular weight is 1040 g/mol. The van der Waals surface area contributed by atoms with Crippen molar-refractivity contribution in [1.29, 1.82) is 0 Å². The maximum absolute atomic E-state index is 7.07. The van der Waals surface area contributed by atoms with Gasteiger partial charge in [-0.3, -0.25) is 0 Å². The molecule has 0 atom stereocenters. The molecule has 0 unspecified atom stereocenters. The SMILES string of the molecule is c1ccc(-c2oc3ccccc3c2-n2c3ccc([Si](c4ccccc4)(c4ccccc4)c4ccccc4)cc3c3ccc4c(c5ccccc5n4-c4cccc([Si](c5ccccc5)(c5ccccc5)c5ccccc5)c4)c32)cc1. The Hall–Kier alpha value is -9.79. The molecule has 0 bridgehead atoms. The van der Waals surface area contributed by atoms with Gasteiger partial charge in [0.2, 0.25) is 0 Å². The minimum absolute atomic E-state index is 0.837. The lowest BCUT2D eigenvalue weighted by atomic mass is 10.1. The van der Waals surface area contributed by atoms with Gasteiger partial charge in [0, 0.05) is 38.2 Å². The van der Waals surface area contributed by atoms with E-state index < -0.39 is 16.1 Å². The third-order valence-electron chi connectivity index (χ3n) is 16.6. The Morgan fingerprint density at radius 1 is 0.266 bits per heavy atom. The first-order chi connectivity index (χ1) is 39.2. The van der Waals surface area contributed by atoms with E-state index in [2.05, 4.69) is 325 Å². The van der Waals surface area contributed by atoms with Crippen LogP contribution in [0.3, 0.4) is 0 Å². The van der Waals surface area contributed by atoms with Crippen LogP contribution in [0.25, 0.3) is 77.3 Å². The van der Waals surface area contributed by atoms with Gasteiger partial charge < -0.3 is 13.6 Å². The Balaban J connectivity index is 1.07. The van der Waals surface area contributed by atoms with Gasteiger partial charge in [0.05, 0.1) is 22.1 Å². The van der Waals surface area contributed by atoms with E-state index in [1.165, 1.54) is 63.0 Å². The van der Waals surface area contributed by atoms with E-state index in [4.69, 9.17) is 4.42 Å². The van der Waals surface area contributed by atoms with Crippen molar-refractivity contribution in [2.24, 2.45) is 0 Å². The summed E-state index contributed by atoms with van der Waals surface area (Å²) >= 11 is 0. The van der Waals surface area contributed by atoms with Crippen LogP contribution in [0.15, 0.2) is 320 Å². The summed E-state index contributed by atoms with van der Waals surface area (Å²) in [5, 5.41) is 16.5. The standard InChI is InChI=1S/C74H52N2OSi2/c1-8-27-53(28-9-1)74-73(65-44-23-25-46-70(65)77-74)76-68-49-47-62(79(58-36-16-5-17-37-58,59-38-18-6-19-39-59)60-40-20-7-21-41-60)52-66(68)63-48-50-69-71(72(63)76)64-43-22-24-45-67(64)75(69)54-29-26-42-61(51-54)78(55-30-10-2-11-31-55,56-32-12-3-13-33-56)57-34-14-4-15-35-57/h1-52H. The van der Waals surface area contributed by atoms with E-state index in [0.29, 0.717) is 0 Å². The smallest absolute Gasteiger partial charge is 0.179 e. The molecule has 0 radical (unpaired) electrons. The summed E-state index contributed by atoms with van der Waals surface area (Å²) in [5.74, 6) is 0.837. The van der Waals surface area contributed by atoms with Crippen LogP contribution in [0, 0.1) is 0 Å². The lowest BCUT2D eigenvalue weighted by Crippen LogP contribution is -2.74. The summed E-state index contributed by atoms with van der Waals surface area (Å²) in [5.41, 5.74) is 8.58. The van der Waals surface area contributed by atoms with E-state index in [1.807, 2.05) is 0 Å². The summed E-state index contributed by atoms with van der Waals surface area (Å²) in [6.07, 6.45) is 0. The average Bonchev–Trinajstić information content (AvgIpc) is 4.28. The molecular formula is C74H52N2OSi2. The Bertz CT molecular complexity index is 4500. The van der Waals surface area contributed by atoms with E-state index >= 15 is 0 Å². The lowest BCUT2D eigenvalue weighted by Gasteiger charge is -2.34. The first-order valence-corrected chi connectivity index (χ1v) is 31.2. The van der Waals surface area contributed by atoms with Crippen LogP contribution < -0.4 is 41.5 Å². The Morgan fingerprint density at radius 3 is 1.22 bits per heavy atom. The molecule has 0 fully saturated rings. The number of fused-ring (bicyclic) bond motifs is 8. The molecule has 0 saturated carbocycles. The molecule has 0 N–H and O–H groups in total. The van der Waals surface area contributed by atoms with Gasteiger partial charge in [-0.25, -0.2) is 0 Å². The molecule has 0 spiro atoms. The molecule has 5 heteroatoms. The largest absolute Gasteiger partial charge is 0.454 e. The quantitative estimate of drug-likeness (QED) is 0.0935. The number of hydrogen-bond acceptors (Lipinski definition) is 1. The number of para-hydroxylation sites is 2. The normalized spacial score (nSPS) is 12.1. The fourth-order valence-electron chi connectivity index (χ4n) is 13.3. The predicted octanol–water partition coefficient (Wildman–Crippen LogP) is 13.0. The van der Waals surface area contributed by atoms with Crippen molar-refractivity contribution >= 4 is 112 Å². The molecule has 0 aliphatic carbocycles. The zero-order valence-corrected chi connectivity index (χ0v) is 45.3. The molecule has 0 aliphatic heterocycles. The molecule has 0 saturated heterocycles. The van der Waals surface area contributed by atoms with Gasteiger partial charge in [-0.15, -0.1) is 0 Å². The molecular weight excluding hydrogens is 989 g/mol. The highest BCUT2D eigenvalue weighted by atomic mass is 28.3. The highest BCUT2D eigenvalue weighted by molar-refractivity contribution is 7.20. The second-order valence-electron chi connectivity index (χ2n) is 20.7. The van der Waals surface area contributed by atoms with Crippen LogP contribution in [0.2, 0.25) is 0 Å². The van der Waals surface area contributed by atoms with E-state index in [0.717, 1.165) is 55.7 Å². The van der Waals surface area contributed by atoms with Gasteiger partial charge >= 0.3 is 0 Å². The molecule has 12 aromatic carbocycles. The highest BCUT2D eigenvalue weighted by Gasteiger charge is 2.43. The van der Waals surface area contributed by atoms with Gasteiger partial charge in [-0.2, -0.15) is 0 Å². The number of rotatable bonds is 11. The number of aromatic nitrogens is 2. The van der Waals surface area contributed by atoms with E-state index in [-0.39, 0.29) is 0 Å². The predicted molar refractivity (Wildman–Crippen MR) is 338 cm³/mol. The summed E-state index contributed by atoms with van der Waals surface area (Å²) in [6.45, 7) is 0. The molecule has 79 heavy (non-hydrogen) atoms. The first-order valence-electron chi connectivity index (χ1n) is 27.2. The highest BCUT2D eigenvalue weighted by Crippen LogP contribution is 2.46. The van der Waals surface area contributed by atoms with Crippen molar-refractivity contribution < 1.29 is 4.42 Å². The molecule has 15 aromatic rings. The third kappa shape index (κ3) is 7.17. The molecule has 0 amide bonds. The van der Waals surface area contributed by atoms with Crippen molar-refractivity contribution in [1.82, 2.24) is 9.13 Å². The van der Waals surface area contributed by atoms with Crippen molar-refractivity contribution in [3.05, 3.63) is 315 Å². The van der Waals surface area contributed by atoms with Crippen molar-refractivity contribution in [3.63, 3.8) is 0 Å². The van der Waals surface area contributed by atoms with Gasteiger partial charge in [0.25, 0.3) is 0 Å². The second-order valence-corrected chi connectivity index (χ2v) is 28.3. The Kier molecular flexibility index (Phi) is 11.2. The molecule has 3 aromatic heterocycles.